The molecule has 0 N–H and O–H groups in total. The van der Waals surface area contributed by atoms with Gasteiger partial charge in [0.25, 0.3) is 0 Å². The van der Waals surface area contributed by atoms with Crippen LogP contribution in [-0.4, -0.2) is 26.4 Å². The molecule has 3 nitrogen and oxygen atoms in total. The number of rotatable bonds is 3. The summed E-state index contributed by atoms with van der Waals surface area (Å²) in [5, 5.41) is -1.14. The summed E-state index contributed by atoms with van der Waals surface area (Å²) in [5.74, 6) is 0. The molecule has 0 aromatic heterocycles. The molecule has 1 atom stereocenters. The lowest BCUT2D eigenvalue weighted by Gasteiger charge is -2.26. The van der Waals surface area contributed by atoms with Crippen molar-refractivity contribution in [2.24, 2.45) is 0 Å². The molecule has 5 heteroatoms. The normalized spacial score (nSPS) is 16.5. The Morgan fingerprint density at radius 1 is 1.45 bits per heavy atom. The first-order valence-corrected chi connectivity index (χ1v) is 4.65. The van der Waals surface area contributed by atoms with Crippen LogP contribution in [0.5, 0.6) is 0 Å². The van der Waals surface area contributed by atoms with Crippen LogP contribution in [0.4, 0.5) is 3.89 Å². The van der Waals surface area contributed by atoms with E-state index in [1.165, 1.54) is 27.9 Å². The number of hydrogen-bond acceptors (Lipinski definition) is 3. The van der Waals surface area contributed by atoms with Crippen LogP contribution in [0.25, 0.3) is 0 Å². The van der Waals surface area contributed by atoms with Crippen molar-refractivity contribution >= 4 is 10.2 Å². The van der Waals surface area contributed by atoms with Crippen LogP contribution in [0.15, 0.2) is 0 Å². The van der Waals surface area contributed by atoms with Crippen LogP contribution in [0.3, 0.4) is 0 Å². The van der Waals surface area contributed by atoms with Gasteiger partial charge in [-0.1, -0.05) is 0 Å². The van der Waals surface area contributed by atoms with Gasteiger partial charge in [0, 0.05) is 7.11 Å². The van der Waals surface area contributed by atoms with E-state index in [9.17, 15) is 12.3 Å². The molecular formula is C6H13FO3S. The van der Waals surface area contributed by atoms with Crippen molar-refractivity contribution in [3.8, 4) is 0 Å². The molecule has 0 rings (SSSR count). The van der Waals surface area contributed by atoms with Gasteiger partial charge in [0.2, 0.25) is 0 Å². The molecule has 0 amide bonds. The molecule has 0 radical (unpaired) electrons. The van der Waals surface area contributed by atoms with E-state index in [-0.39, 0.29) is 0 Å². The maximum atomic E-state index is 12.4. The molecule has 0 heterocycles. The molecule has 0 aromatic carbocycles. The first-order chi connectivity index (χ1) is 4.72. The molecule has 0 aromatic rings. The van der Waals surface area contributed by atoms with Crippen LogP contribution in [0.2, 0.25) is 0 Å². The molecule has 0 aliphatic rings. The predicted octanol–water partition coefficient (Wildman–Crippen LogP) is 1.10. The van der Waals surface area contributed by atoms with E-state index in [1.807, 2.05) is 0 Å². The second kappa shape index (κ2) is 3.06. The monoisotopic (exact) mass is 184 g/mol. The summed E-state index contributed by atoms with van der Waals surface area (Å²) < 4.78 is 37.9. The van der Waals surface area contributed by atoms with Crippen molar-refractivity contribution < 1.29 is 17.0 Å². The summed E-state index contributed by atoms with van der Waals surface area (Å²) >= 11 is 0. The smallest absolute Gasteiger partial charge is 0.307 e. The molecule has 1 unspecified atom stereocenters. The Hall–Kier alpha value is -0.160. The molecule has 0 bridgehead atoms. The first kappa shape index (κ1) is 10.8. The van der Waals surface area contributed by atoms with Gasteiger partial charge in [-0.2, -0.15) is 8.42 Å². The van der Waals surface area contributed by atoms with Crippen molar-refractivity contribution in [3.05, 3.63) is 0 Å². The van der Waals surface area contributed by atoms with Crippen LogP contribution < -0.4 is 0 Å². The fraction of sp³-hybridized carbons (Fsp3) is 1.00. The van der Waals surface area contributed by atoms with Crippen molar-refractivity contribution in [1.29, 1.82) is 0 Å². The molecule has 0 saturated carbocycles. The second-order valence-corrected chi connectivity index (χ2v) is 4.58. The van der Waals surface area contributed by atoms with Gasteiger partial charge in [-0.25, -0.2) is 0 Å². The van der Waals surface area contributed by atoms with Crippen LogP contribution in [0, 0.1) is 0 Å². The van der Waals surface area contributed by atoms with E-state index >= 15 is 0 Å². The quantitative estimate of drug-likeness (QED) is 0.617. The van der Waals surface area contributed by atoms with Gasteiger partial charge in [0.1, 0.15) is 5.25 Å². The highest BCUT2D eigenvalue weighted by molar-refractivity contribution is 7.87. The lowest BCUT2D eigenvalue weighted by atomic mass is 10.1. The molecule has 68 valence electrons. The van der Waals surface area contributed by atoms with Crippen LogP contribution in [0.1, 0.15) is 20.8 Å². The predicted molar refractivity (Wildman–Crippen MR) is 40.6 cm³/mol. The minimum Gasteiger partial charge on any atom is -0.377 e. The molecule has 11 heavy (non-hydrogen) atoms. The van der Waals surface area contributed by atoms with Gasteiger partial charge in [0.15, 0.2) is 0 Å². The summed E-state index contributed by atoms with van der Waals surface area (Å²) in [4.78, 5) is 0. The van der Waals surface area contributed by atoms with Gasteiger partial charge in [-0.15, -0.1) is 3.89 Å². The van der Waals surface area contributed by atoms with Gasteiger partial charge in [-0.05, 0) is 20.8 Å². The summed E-state index contributed by atoms with van der Waals surface area (Å²) in [5.41, 5.74) is -0.979. The van der Waals surface area contributed by atoms with Gasteiger partial charge < -0.3 is 4.74 Å². The standard InChI is InChI=1S/C6H13FO3S/c1-5(11(7,8)9)6(2,3)10-4/h5H,1-4H3. The Balaban J connectivity index is 4.63. The van der Waals surface area contributed by atoms with E-state index < -0.39 is 21.1 Å². The highest BCUT2D eigenvalue weighted by Crippen LogP contribution is 2.21. The van der Waals surface area contributed by atoms with Crippen LogP contribution >= 0.6 is 0 Å². The fourth-order valence-corrected chi connectivity index (χ4v) is 1.28. The van der Waals surface area contributed by atoms with Crippen LogP contribution in [-0.2, 0) is 15.0 Å². The summed E-state index contributed by atoms with van der Waals surface area (Å²) in [6.07, 6.45) is 0. The maximum absolute atomic E-state index is 12.4. The zero-order chi connectivity index (χ0) is 9.28. The highest BCUT2D eigenvalue weighted by Gasteiger charge is 2.35. The summed E-state index contributed by atoms with van der Waals surface area (Å²) in [6, 6.07) is 0. The van der Waals surface area contributed by atoms with E-state index in [1.54, 1.807) is 0 Å². The Morgan fingerprint density at radius 3 is 1.91 bits per heavy atom. The van der Waals surface area contributed by atoms with E-state index in [0.29, 0.717) is 0 Å². The average Bonchev–Trinajstić information content (AvgIpc) is 1.84. The minimum atomic E-state index is -4.50. The molecule has 0 fully saturated rings. The lowest BCUT2D eigenvalue weighted by molar-refractivity contribution is 0.0216. The summed E-state index contributed by atoms with van der Waals surface area (Å²) in [7, 11) is -3.15. The largest absolute Gasteiger partial charge is 0.377 e. The van der Waals surface area contributed by atoms with Crippen molar-refractivity contribution in [2.75, 3.05) is 7.11 Å². The fourth-order valence-electron chi connectivity index (χ4n) is 0.505. The SMILES string of the molecule is COC(C)(C)C(C)S(=O)(=O)F. The Morgan fingerprint density at radius 2 is 1.82 bits per heavy atom. The summed E-state index contributed by atoms with van der Waals surface area (Å²) in [6.45, 7) is 4.32. The molecule has 0 aliphatic carbocycles. The van der Waals surface area contributed by atoms with E-state index in [4.69, 9.17) is 4.74 Å². The molecule has 0 saturated heterocycles. The number of halogens is 1. The van der Waals surface area contributed by atoms with Gasteiger partial charge in [0.05, 0.1) is 5.60 Å². The lowest BCUT2D eigenvalue weighted by Crippen LogP contribution is -2.39. The Labute approximate surface area is 66.8 Å². The number of methoxy groups -OCH3 is 1. The van der Waals surface area contributed by atoms with Crippen molar-refractivity contribution in [1.82, 2.24) is 0 Å². The van der Waals surface area contributed by atoms with Crippen molar-refractivity contribution in [3.63, 3.8) is 0 Å². The topological polar surface area (TPSA) is 43.4 Å². The maximum Gasteiger partial charge on any atom is 0.307 e. The third-order valence-electron chi connectivity index (χ3n) is 1.93. The third kappa shape index (κ3) is 2.75. The molecule has 0 aliphatic heterocycles. The Bertz CT molecular complexity index is 220. The zero-order valence-electron chi connectivity index (χ0n) is 7.09. The first-order valence-electron chi connectivity index (χ1n) is 3.20. The molecular weight excluding hydrogens is 171 g/mol. The minimum absolute atomic E-state index is 0.979. The number of ether oxygens (including phenoxy) is 1. The third-order valence-corrected chi connectivity index (χ3v) is 3.34. The van der Waals surface area contributed by atoms with E-state index in [0.717, 1.165) is 0 Å². The Kier molecular flexibility index (Phi) is 3.02. The van der Waals surface area contributed by atoms with Gasteiger partial charge >= 0.3 is 10.2 Å². The zero-order valence-corrected chi connectivity index (χ0v) is 7.90. The van der Waals surface area contributed by atoms with E-state index in [2.05, 4.69) is 0 Å². The highest BCUT2D eigenvalue weighted by atomic mass is 32.3. The second-order valence-electron chi connectivity index (χ2n) is 2.93. The molecule has 0 spiro atoms. The number of hydrogen-bond donors (Lipinski definition) is 0. The van der Waals surface area contributed by atoms with Gasteiger partial charge in [-0.3, -0.25) is 0 Å². The van der Waals surface area contributed by atoms with Crippen molar-refractivity contribution in [2.45, 2.75) is 31.6 Å². The average molecular weight is 184 g/mol.